The second-order valence-corrected chi connectivity index (χ2v) is 7.23. The molecule has 129 valence electrons. The van der Waals surface area contributed by atoms with E-state index in [9.17, 15) is 0 Å². The van der Waals surface area contributed by atoms with Gasteiger partial charge in [0.1, 0.15) is 0 Å². The van der Waals surface area contributed by atoms with E-state index in [-0.39, 0.29) is 38.1 Å². The Hall–Kier alpha value is -2.28. The SMILES string of the molecule is [CH-]=Cc1[c-]ccc2c1-c1ccccc1C21c2ccccc2-c2ccccc21.[Y]. The first-order valence-electron chi connectivity index (χ1n) is 9.26. The van der Waals surface area contributed by atoms with Crippen LogP contribution >= 0.6 is 0 Å². The summed E-state index contributed by atoms with van der Waals surface area (Å²) in [7, 11) is 0. The summed E-state index contributed by atoms with van der Waals surface area (Å²) in [6.07, 6.45) is 1.68. The molecule has 0 N–H and O–H groups in total. The van der Waals surface area contributed by atoms with Gasteiger partial charge in [-0.25, -0.2) is 6.07 Å². The largest absolute Gasteiger partial charge is 0.344 e. The van der Waals surface area contributed by atoms with Gasteiger partial charge in [-0.3, -0.25) is 5.56 Å². The van der Waals surface area contributed by atoms with Crippen LogP contribution in [0.2, 0.25) is 0 Å². The molecule has 0 saturated carbocycles. The van der Waals surface area contributed by atoms with E-state index in [1.54, 1.807) is 6.08 Å². The first-order valence-corrected chi connectivity index (χ1v) is 9.26. The molecule has 1 spiro atoms. The molecule has 0 bridgehead atoms. The van der Waals surface area contributed by atoms with Gasteiger partial charge in [0.05, 0.1) is 5.41 Å². The van der Waals surface area contributed by atoms with Crippen molar-refractivity contribution in [2.75, 3.05) is 0 Å². The van der Waals surface area contributed by atoms with E-state index in [4.69, 9.17) is 6.58 Å². The van der Waals surface area contributed by atoms with Crippen LogP contribution in [0, 0.1) is 12.6 Å². The van der Waals surface area contributed by atoms with Crippen LogP contribution in [0.3, 0.4) is 0 Å². The molecule has 4 aromatic carbocycles. The molecule has 2 aliphatic rings. The molecular weight excluding hydrogens is 413 g/mol. The van der Waals surface area contributed by atoms with E-state index in [0.717, 1.165) is 5.56 Å². The van der Waals surface area contributed by atoms with Crippen molar-refractivity contribution in [3.63, 3.8) is 0 Å². The fourth-order valence-corrected chi connectivity index (χ4v) is 5.24. The van der Waals surface area contributed by atoms with Gasteiger partial charge in [0.2, 0.25) is 0 Å². The summed E-state index contributed by atoms with van der Waals surface area (Å²) >= 11 is 0. The molecule has 0 nitrogen and oxygen atoms in total. The van der Waals surface area contributed by atoms with Gasteiger partial charge in [0.25, 0.3) is 0 Å². The normalized spacial score (nSPS) is 13.9. The molecule has 0 amide bonds. The first-order chi connectivity index (χ1) is 13.4. The molecule has 28 heavy (non-hydrogen) atoms. The monoisotopic (exact) mass is 429 g/mol. The predicted molar refractivity (Wildman–Crippen MR) is 110 cm³/mol. The molecule has 1 heteroatoms. The van der Waals surface area contributed by atoms with Crippen molar-refractivity contribution in [1.82, 2.24) is 0 Å². The Morgan fingerprint density at radius 3 is 1.71 bits per heavy atom. The second-order valence-electron chi connectivity index (χ2n) is 7.23. The number of hydrogen-bond acceptors (Lipinski definition) is 0. The standard InChI is InChI=1S/C27H16.Y/c1-2-18-10-9-17-25-26(18)21-13-5-8-16-24(21)27(25)22-14-6-3-11-19(22)20-12-4-7-15-23(20)27;/h1-9,11-17H;/q-2;. The van der Waals surface area contributed by atoms with E-state index < -0.39 is 0 Å². The third-order valence-electron chi connectivity index (χ3n) is 6.15. The van der Waals surface area contributed by atoms with E-state index in [0.29, 0.717) is 0 Å². The Morgan fingerprint density at radius 1 is 0.643 bits per heavy atom. The van der Waals surface area contributed by atoms with Gasteiger partial charge in [-0.1, -0.05) is 78.4 Å². The summed E-state index contributed by atoms with van der Waals surface area (Å²) in [4.78, 5) is 0. The third-order valence-corrected chi connectivity index (χ3v) is 6.15. The molecule has 0 unspecified atom stereocenters. The van der Waals surface area contributed by atoms with Crippen LogP contribution in [-0.4, -0.2) is 0 Å². The van der Waals surface area contributed by atoms with Crippen molar-refractivity contribution >= 4 is 6.08 Å². The maximum absolute atomic E-state index is 6.00. The molecule has 2 aliphatic carbocycles. The third kappa shape index (κ3) is 1.98. The number of benzene rings is 4. The van der Waals surface area contributed by atoms with Gasteiger partial charge < -0.3 is 12.7 Å². The Kier molecular flexibility index (Phi) is 4.05. The summed E-state index contributed by atoms with van der Waals surface area (Å²) < 4.78 is 0. The fraction of sp³-hybridized carbons (Fsp3) is 0.0370. The van der Waals surface area contributed by atoms with Gasteiger partial charge in [0.15, 0.2) is 0 Å². The van der Waals surface area contributed by atoms with Crippen molar-refractivity contribution in [2.24, 2.45) is 0 Å². The minimum absolute atomic E-state index is 0. The molecular formula is C27H16Y-2. The average molecular weight is 429 g/mol. The fourth-order valence-electron chi connectivity index (χ4n) is 5.24. The van der Waals surface area contributed by atoms with Crippen LogP contribution in [-0.2, 0) is 38.1 Å². The van der Waals surface area contributed by atoms with Crippen molar-refractivity contribution in [3.05, 3.63) is 125 Å². The number of rotatable bonds is 1. The van der Waals surface area contributed by atoms with Gasteiger partial charge in [-0.2, -0.15) is 11.6 Å². The summed E-state index contributed by atoms with van der Waals surface area (Å²) in [6, 6.07) is 33.9. The van der Waals surface area contributed by atoms with Crippen molar-refractivity contribution in [1.29, 1.82) is 0 Å². The van der Waals surface area contributed by atoms with Crippen LogP contribution in [0.5, 0.6) is 0 Å². The molecule has 0 atom stereocenters. The Balaban J connectivity index is 0.00000171. The zero-order chi connectivity index (χ0) is 18.0. The van der Waals surface area contributed by atoms with Crippen molar-refractivity contribution in [3.8, 4) is 22.3 Å². The molecule has 1 radical (unpaired) electrons. The topological polar surface area (TPSA) is 0 Å². The molecule has 0 aliphatic heterocycles. The second kappa shape index (κ2) is 6.37. The molecule has 0 fully saturated rings. The number of hydrogen-bond donors (Lipinski definition) is 0. The van der Waals surface area contributed by atoms with Crippen molar-refractivity contribution < 1.29 is 32.7 Å². The summed E-state index contributed by atoms with van der Waals surface area (Å²) in [5, 5.41) is 0. The molecule has 4 aromatic rings. The number of fused-ring (bicyclic) bond motifs is 10. The van der Waals surface area contributed by atoms with Gasteiger partial charge in [-0.15, -0.1) is 11.6 Å². The minimum Gasteiger partial charge on any atom is -0.344 e. The maximum Gasteiger partial charge on any atom is 0.0535 e. The molecule has 6 rings (SSSR count). The maximum atomic E-state index is 6.00. The van der Waals surface area contributed by atoms with E-state index >= 15 is 0 Å². The van der Waals surface area contributed by atoms with Gasteiger partial charge in [0, 0.05) is 32.7 Å². The van der Waals surface area contributed by atoms with Gasteiger partial charge in [-0.05, 0) is 27.8 Å². The van der Waals surface area contributed by atoms with E-state index in [1.807, 2.05) is 6.07 Å². The van der Waals surface area contributed by atoms with Crippen LogP contribution in [0.4, 0.5) is 0 Å². The minimum atomic E-state index is -0.286. The quantitative estimate of drug-likeness (QED) is 0.270. The van der Waals surface area contributed by atoms with Crippen molar-refractivity contribution in [2.45, 2.75) is 5.41 Å². The summed E-state index contributed by atoms with van der Waals surface area (Å²) in [5.74, 6) is 0. The van der Waals surface area contributed by atoms with Crippen LogP contribution in [0.15, 0.2) is 84.9 Å². The van der Waals surface area contributed by atoms with Gasteiger partial charge >= 0.3 is 0 Å². The predicted octanol–water partition coefficient (Wildman–Crippen LogP) is 6.27. The van der Waals surface area contributed by atoms with Crippen LogP contribution < -0.4 is 0 Å². The Bertz CT molecular complexity index is 1200. The zero-order valence-corrected chi connectivity index (χ0v) is 18.2. The molecule has 0 heterocycles. The first kappa shape index (κ1) is 17.8. The Morgan fingerprint density at radius 2 is 1.14 bits per heavy atom. The zero-order valence-electron chi connectivity index (χ0n) is 15.3. The Labute approximate surface area is 190 Å². The van der Waals surface area contributed by atoms with E-state index in [2.05, 4.69) is 84.9 Å². The summed E-state index contributed by atoms with van der Waals surface area (Å²) in [5.41, 5.74) is 11.1. The van der Waals surface area contributed by atoms with Crippen LogP contribution in [0.1, 0.15) is 27.8 Å². The molecule has 0 aromatic heterocycles. The molecule has 0 saturated heterocycles. The van der Waals surface area contributed by atoms with Crippen LogP contribution in [0.25, 0.3) is 28.3 Å². The van der Waals surface area contributed by atoms with E-state index in [1.165, 1.54) is 44.5 Å². The average Bonchev–Trinajstić information content (AvgIpc) is 3.21. The summed E-state index contributed by atoms with van der Waals surface area (Å²) in [6.45, 7) is 6.00. The smallest absolute Gasteiger partial charge is 0.0535 e.